The third kappa shape index (κ3) is 2.06. The van der Waals surface area contributed by atoms with Crippen LogP contribution in [0.5, 0.6) is 0 Å². The lowest BCUT2D eigenvalue weighted by molar-refractivity contribution is 0.268. The SMILES string of the molecule is COP(=O)(OC)C(C)N. The summed E-state index contributed by atoms with van der Waals surface area (Å²) in [5.41, 5.74) is 5.28. The Kier molecular flexibility index (Phi) is 3.36. The molecule has 0 aromatic rings. The predicted molar refractivity (Wildman–Crippen MR) is 35.3 cm³/mol. The molecule has 0 fully saturated rings. The van der Waals surface area contributed by atoms with Gasteiger partial charge in [-0.15, -0.1) is 0 Å². The van der Waals surface area contributed by atoms with Gasteiger partial charge < -0.3 is 14.8 Å². The topological polar surface area (TPSA) is 61.5 Å². The van der Waals surface area contributed by atoms with Crippen LogP contribution in [-0.2, 0) is 13.6 Å². The van der Waals surface area contributed by atoms with Gasteiger partial charge >= 0.3 is 7.60 Å². The summed E-state index contributed by atoms with van der Waals surface area (Å²) in [6.45, 7) is 1.58. The minimum absolute atomic E-state index is 0.563. The number of nitrogens with two attached hydrogens (primary N) is 1. The Morgan fingerprint density at radius 3 is 1.78 bits per heavy atom. The molecule has 0 amide bonds. The van der Waals surface area contributed by atoms with Crippen molar-refractivity contribution in [1.29, 1.82) is 0 Å². The molecule has 1 atom stereocenters. The Morgan fingerprint density at radius 2 is 1.78 bits per heavy atom. The first-order valence-electron chi connectivity index (χ1n) is 2.53. The zero-order valence-electron chi connectivity index (χ0n) is 5.83. The molecule has 0 saturated heterocycles. The normalized spacial score (nSPS) is 15.6. The summed E-state index contributed by atoms with van der Waals surface area (Å²) in [5.74, 6) is -0.563. The van der Waals surface area contributed by atoms with Gasteiger partial charge in [0, 0.05) is 14.2 Å². The van der Waals surface area contributed by atoms with Gasteiger partial charge in [0.2, 0.25) is 0 Å². The van der Waals surface area contributed by atoms with Crippen molar-refractivity contribution in [3.05, 3.63) is 0 Å². The van der Waals surface area contributed by atoms with Gasteiger partial charge in [0.1, 0.15) is 5.78 Å². The minimum atomic E-state index is -2.98. The van der Waals surface area contributed by atoms with Crippen LogP contribution in [0.15, 0.2) is 0 Å². The van der Waals surface area contributed by atoms with E-state index in [9.17, 15) is 4.57 Å². The molecule has 4 nitrogen and oxygen atoms in total. The molecule has 2 N–H and O–H groups in total. The zero-order chi connectivity index (χ0) is 7.49. The van der Waals surface area contributed by atoms with Gasteiger partial charge in [-0.3, -0.25) is 4.57 Å². The molecule has 0 bridgehead atoms. The molecule has 0 radical (unpaired) electrons. The molecular formula is C4H12NO3P. The van der Waals surface area contributed by atoms with Gasteiger partial charge in [-0.1, -0.05) is 0 Å². The van der Waals surface area contributed by atoms with E-state index in [0.29, 0.717) is 0 Å². The van der Waals surface area contributed by atoms with E-state index >= 15 is 0 Å². The molecule has 0 aromatic carbocycles. The Morgan fingerprint density at radius 1 is 1.44 bits per heavy atom. The van der Waals surface area contributed by atoms with Crippen molar-refractivity contribution in [2.45, 2.75) is 12.7 Å². The van der Waals surface area contributed by atoms with Crippen LogP contribution in [-0.4, -0.2) is 20.0 Å². The molecule has 0 heterocycles. The van der Waals surface area contributed by atoms with Crippen LogP contribution in [0.3, 0.4) is 0 Å². The van der Waals surface area contributed by atoms with Gasteiger partial charge in [-0.25, -0.2) is 0 Å². The highest BCUT2D eigenvalue weighted by molar-refractivity contribution is 7.54. The molecule has 0 aliphatic rings. The fourth-order valence-electron chi connectivity index (χ4n) is 0.407. The number of rotatable bonds is 3. The van der Waals surface area contributed by atoms with E-state index in [4.69, 9.17) is 5.73 Å². The summed E-state index contributed by atoms with van der Waals surface area (Å²) in [7, 11) is -0.349. The van der Waals surface area contributed by atoms with Crippen LogP contribution in [0.25, 0.3) is 0 Å². The van der Waals surface area contributed by atoms with Crippen LogP contribution >= 0.6 is 7.60 Å². The molecule has 9 heavy (non-hydrogen) atoms. The van der Waals surface area contributed by atoms with E-state index in [1.54, 1.807) is 6.92 Å². The smallest absolute Gasteiger partial charge is 0.318 e. The monoisotopic (exact) mass is 153 g/mol. The standard InChI is InChI=1S/C4H12NO3P/c1-4(5)9(6,7-2)8-3/h4H,5H2,1-3H3. The quantitative estimate of drug-likeness (QED) is 0.608. The van der Waals surface area contributed by atoms with E-state index in [-0.39, 0.29) is 0 Å². The van der Waals surface area contributed by atoms with E-state index < -0.39 is 13.4 Å². The summed E-state index contributed by atoms with van der Waals surface area (Å²) in [6.07, 6.45) is 0. The van der Waals surface area contributed by atoms with Gasteiger partial charge in [0.15, 0.2) is 0 Å². The highest BCUT2D eigenvalue weighted by Gasteiger charge is 2.25. The van der Waals surface area contributed by atoms with Crippen molar-refractivity contribution in [1.82, 2.24) is 0 Å². The molecule has 56 valence electrons. The van der Waals surface area contributed by atoms with E-state index in [2.05, 4.69) is 9.05 Å². The van der Waals surface area contributed by atoms with E-state index in [0.717, 1.165) is 0 Å². The van der Waals surface area contributed by atoms with Crippen molar-refractivity contribution >= 4 is 7.60 Å². The van der Waals surface area contributed by atoms with Crippen LogP contribution in [0.1, 0.15) is 6.92 Å². The molecule has 0 aliphatic carbocycles. The molecule has 1 unspecified atom stereocenters. The van der Waals surface area contributed by atoms with Gasteiger partial charge in [0.05, 0.1) is 0 Å². The number of hydrogen-bond donors (Lipinski definition) is 1. The maximum absolute atomic E-state index is 11.1. The summed E-state index contributed by atoms with van der Waals surface area (Å²) in [6, 6.07) is 0. The van der Waals surface area contributed by atoms with Crippen molar-refractivity contribution in [3.63, 3.8) is 0 Å². The maximum atomic E-state index is 11.1. The fraction of sp³-hybridized carbons (Fsp3) is 1.00. The maximum Gasteiger partial charge on any atom is 0.346 e. The largest absolute Gasteiger partial charge is 0.346 e. The van der Waals surface area contributed by atoms with Crippen molar-refractivity contribution < 1.29 is 13.6 Å². The average molecular weight is 153 g/mol. The Labute approximate surface area is 54.9 Å². The Bertz CT molecular complexity index is 117. The first-order chi connectivity index (χ1) is 4.06. The molecule has 0 aliphatic heterocycles. The number of hydrogen-bond acceptors (Lipinski definition) is 4. The lowest BCUT2D eigenvalue weighted by atomic mass is 10.8. The molecule has 0 rings (SSSR count). The van der Waals surface area contributed by atoms with Crippen LogP contribution in [0, 0.1) is 0 Å². The lowest BCUT2D eigenvalue weighted by Gasteiger charge is -2.16. The van der Waals surface area contributed by atoms with Crippen LogP contribution in [0.4, 0.5) is 0 Å². The van der Waals surface area contributed by atoms with Gasteiger partial charge in [-0.2, -0.15) is 0 Å². The first-order valence-corrected chi connectivity index (χ1v) is 4.14. The molecule has 0 aromatic heterocycles. The predicted octanol–water partition coefficient (Wildman–Crippen LogP) is 0.777. The van der Waals surface area contributed by atoms with Gasteiger partial charge in [0.25, 0.3) is 0 Å². The molecule has 5 heteroatoms. The van der Waals surface area contributed by atoms with Crippen molar-refractivity contribution in [3.8, 4) is 0 Å². The Hall–Kier alpha value is 0.110. The summed E-state index contributed by atoms with van der Waals surface area (Å²) in [5, 5.41) is 0. The highest BCUT2D eigenvalue weighted by atomic mass is 31.2. The summed E-state index contributed by atoms with van der Waals surface area (Å²) >= 11 is 0. The van der Waals surface area contributed by atoms with E-state index in [1.807, 2.05) is 0 Å². The zero-order valence-corrected chi connectivity index (χ0v) is 6.72. The highest BCUT2D eigenvalue weighted by Crippen LogP contribution is 2.48. The van der Waals surface area contributed by atoms with Crippen molar-refractivity contribution in [2.75, 3.05) is 14.2 Å². The fourth-order valence-corrected chi connectivity index (χ4v) is 1.22. The molecule has 0 spiro atoms. The molecule has 0 saturated carbocycles. The van der Waals surface area contributed by atoms with Crippen molar-refractivity contribution in [2.24, 2.45) is 5.73 Å². The lowest BCUT2D eigenvalue weighted by Crippen LogP contribution is -2.17. The third-order valence-corrected chi connectivity index (χ3v) is 3.02. The minimum Gasteiger partial charge on any atom is -0.318 e. The average Bonchev–Trinajstić information content (AvgIpc) is 1.86. The second-order valence-electron chi connectivity index (χ2n) is 1.65. The van der Waals surface area contributed by atoms with Crippen LogP contribution in [0.2, 0.25) is 0 Å². The summed E-state index contributed by atoms with van der Waals surface area (Å²) in [4.78, 5) is 0. The second-order valence-corrected chi connectivity index (χ2v) is 4.27. The second kappa shape index (κ2) is 3.32. The summed E-state index contributed by atoms with van der Waals surface area (Å²) < 4.78 is 20.2. The Balaban J connectivity index is 4.11. The third-order valence-electron chi connectivity index (χ3n) is 1.01. The first kappa shape index (κ1) is 9.11. The van der Waals surface area contributed by atoms with E-state index in [1.165, 1.54) is 14.2 Å². The van der Waals surface area contributed by atoms with Gasteiger partial charge in [-0.05, 0) is 6.92 Å². The molecular weight excluding hydrogens is 141 g/mol. The van der Waals surface area contributed by atoms with Crippen LogP contribution < -0.4 is 5.73 Å².